The number of amides is 1. The van der Waals surface area contributed by atoms with E-state index in [9.17, 15) is 9.59 Å². The van der Waals surface area contributed by atoms with Crippen molar-refractivity contribution < 1.29 is 14.7 Å². The second kappa shape index (κ2) is 6.76. The fourth-order valence-corrected chi connectivity index (χ4v) is 1.53. The molecule has 0 bridgehead atoms. The van der Waals surface area contributed by atoms with Crippen molar-refractivity contribution in [3.8, 4) is 0 Å². The maximum atomic E-state index is 11.6. The Balaban J connectivity index is 2.65. The van der Waals surface area contributed by atoms with E-state index in [-0.39, 0.29) is 18.4 Å². The standard InChI is InChI=1S/C13H18N2O3/c1-9(14)6-7-12(16)15-11-5-3-2-4-10(11)8-13(17)18/h2-5,9H,6-8,14H2,1H3,(H,15,16)(H,17,18). The minimum atomic E-state index is -0.924. The number of hydrogen-bond donors (Lipinski definition) is 3. The molecule has 1 aromatic rings. The van der Waals surface area contributed by atoms with Gasteiger partial charge in [0.2, 0.25) is 5.91 Å². The van der Waals surface area contributed by atoms with E-state index in [0.29, 0.717) is 24.1 Å². The molecule has 1 aromatic carbocycles. The first-order valence-corrected chi connectivity index (χ1v) is 5.84. The quantitative estimate of drug-likeness (QED) is 0.711. The number of aliphatic carboxylic acids is 1. The van der Waals surface area contributed by atoms with Gasteiger partial charge in [0, 0.05) is 18.2 Å². The van der Waals surface area contributed by atoms with Crippen LogP contribution in [0, 0.1) is 0 Å². The smallest absolute Gasteiger partial charge is 0.307 e. The number of nitrogens with two attached hydrogens (primary N) is 1. The number of carbonyl (C=O) groups is 2. The maximum absolute atomic E-state index is 11.6. The van der Waals surface area contributed by atoms with Gasteiger partial charge in [-0.25, -0.2) is 0 Å². The average Bonchev–Trinajstić information content (AvgIpc) is 2.28. The van der Waals surface area contributed by atoms with Gasteiger partial charge in [-0.2, -0.15) is 0 Å². The largest absolute Gasteiger partial charge is 0.481 e. The van der Waals surface area contributed by atoms with Crippen LogP contribution < -0.4 is 11.1 Å². The van der Waals surface area contributed by atoms with Gasteiger partial charge in [0.1, 0.15) is 0 Å². The fourth-order valence-electron chi connectivity index (χ4n) is 1.53. The minimum absolute atomic E-state index is 0.0231. The van der Waals surface area contributed by atoms with Gasteiger partial charge in [-0.3, -0.25) is 9.59 Å². The molecule has 1 atom stereocenters. The van der Waals surface area contributed by atoms with Gasteiger partial charge in [0.25, 0.3) is 0 Å². The molecule has 1 rings (SSSR count). The molecule has 0 saturated heterocycles. The molecule has 4 N–H and O–H groups in total. The Kier molecular flexibility index (Phi) is 5.32. The number of nitrogens with one attached hydrogen (secondary N) is 1. The second-order valence-corrected chi connectivity index (χ2v) is 4.29. The van der Waals surface area contributed by atoms with E-state index in [2.05, 4.69) is 5.32 Å². The molecule has 0 aliphatic rings. The Morgan fingerprint density at radius 1 is 1.39 bits per heavy atom. The summed E-state index contributed by atoms with van der Waals surface area (Å²) in [6.07, 6.45) is 0.829. The molecule has 1 unspecified atom stereocenters. The zero-order valence-corrected chi connectivity index (χ0v) is 10.3. The van der Waals surface area contributed by atoms with Gasteiger partial charge in [-0.15, -0.1) is 0 Å². The lowest BCUT2D eigenvalue weighted by Crippen LogP contribution is -2.20. The maximum Gasteiger partial charge on any atom is 0.307 e. The van der Waals surface area contributed by atoms with Crippen LogP contribution in [0.15, 0.2) is 24.3 Å². The van der Waals surface area contributed by atoms with E-state index in [1.54, 1.807) is 24.3 Å². The second-order valence-electron chi connectivity index (χ2n) is 4.29. The molecule has 0 spiro atoms. The van der Waals surface area contributed by atoms with Gasteiger partial charge in [-0.1, -0.05) is 18.2 Å². The molecule has 18 heavy (non-hydrogen) atoms. The highest BCUT2D eigenvalue weighted by Gasteiger charge is 2.09. The van der Waals surface area contributed by atoms with Crippen LogP contribution >= 0.6 is 0 Å². The fraction of sp³-hybridized carbons (Fsp3) is 0.385. The summed E-state index contributed by atoms with van der Waals surface area (Å²) < 4.78 is 0. The molecule has 0 radical (unpaired) electrons. The normalized spacial score (nSPS) is 11.9. The van der Waals surface area contributed by atoms with E-state index in [4.69, 9.17) is 10.8 Å². The predicted octanol–water partition coefficient (Wildman–Crippen LogP) is 1.38. The van der Waals surface area contributed by atoms with Crippen LogP contribution in [0.5, 0.6) is 0 Å². The van der Waals surface area contributed by atoms with E-state index in [1.165, 1.54) is 0 Å². The molecule has 0 saturated carbocycles. The van der Waals surface area contributed by atoms with E-state index < -0.39 is 5.97 Å². The Morgan fingerprint density at radius 3 is 2.67 bits per heavy atom. The Bertz CT molecular complexity index is 430. The SMILES string of the molecule is CC(N)CCC(=O)Nc1ccccc1CC(=O)O. The summed E-state index contributed by atoms with van der Waals surface area (Å²) in [4.78, 5) is 22.3. The Morgan fingerprint density at radius 2 is 2.06 bits per heavy atom. The summed E-state index contributed by atoms with van der Waals surface area (Å²) in [6, 6.07) is 6.87. The van der Waals surface area contributed by atoms with Crippen molar-refractivity contribution in [2.75, 3.05) is 5.32 Å². The topological polar surface area (TPSA) is 92.4 Å². The monoisotopic (exact) mass is 250 g/mol. The van der Waals surface area contributed by atoms with Crippen LogP contribution in [0.2, 0.25) is 0 Å². The number of carboxylic acid groups (broad SMARTS) is 1. The average molecular weight is 250 g/mol. The van der Waals surface area contributed by atoms with Crippen LogP contribution in [0.25, 0.3) is 0 Å². The predicted molar refractivity (Wildman–Crippen MR) is 69.3 cm³/mol. The molecule has 0 aromatic heterocycles. The van der Waals surface area contributed by atoms with E-state index >= 15 is 0 Å². The minimum Gasteiger partial charge on any atom is -0.481 e. The number of carboxylic acids is 1. The van der Waals surface area contributed by atoms with Crippen molar-refractivity contribution in [3.63, 3.8) is 0 Å². The molecule has 5 heteroatoms. The van der Waals surface area contributed by atoms with Gasteiger partial charge in [-0.05, 0) is 25.0 Å². The Labute approximate surface area is 106 Å². The van der Waals surface area contributed by atoms with E-state index in [1.807, 2.05) is 6.92 Å². The molecule has 98 valence electrons. The summed E-state index contributed by atoms with van der Waals surface area (Å²) in [7, 11) is 0. The molecular weight excluding hydrogens is 232 g/mol. The van der Waals surface area contributed by atoms with Crippen LogP contribution in [-0.2, 0) is 16.0 Å². The highest BCUT2D eigenvalue weighted by molar-refractivity contribution is 5.92. The number of benzene rings is 1. The van der Waals surface area contributed by atoms with Crippen molar-refractivity contribution in [2.45, 2.75) is 32.2 Å². The highest BCUT2D eigenvalue weighted by atomic mass is 16.4. The molecule has 1 amide bonds. The molecule has 0 aliphatic heterocycles. The first kappa shape index (κ1) is 14.2. The van der Waals surface area contributed by atoms with E-state index in [0.717, 1.165) is 0 Å². The summed E-state index contributed by atoms with van der Waals surface area (Å²) in [5.41, 5.74) is 6.72. The molecule has 0 fully saturated rings. The van der Waals surface area contributed by atoms with Crippen molar-refractivity contribution in [1.29, 1.82) is 0 Å². The number of hydrogen-bond acceptors (Lipinski definition) is 3. The van der Waals surface area contributed by atoms with Crippen LogP contribution in [0.4, 0.5) is 5.69 Å². The van der Waals surface area contributed by atoms with Crippen LogP contribution in [0.3, 0.4) is 0 Å². The zero-order chi connectivity index (χ0) is 13.5. The lowest BCUT2D eigenvalue weighted by atomic mass is 10.1. The first-order valence-electron chi connectivity index (χ1n) is 5.84. The summed E-state index contributed by atoms with van der Waals surface area (Å²) >= 11 is 0. The van der Waals surface area contributed by atoms with Crippen LogP contribution in [0.1, 0.15) is 25.3 Å². The molecule has 0 heterocycles. The number of carbonyl (C=O) groups excluding carboxylic acids is 1. The van der Waals surface area contributed by atoms with Gasteiger partial charge >= 0.3 is 5.97 Å². The van der Waals surface area contributed by atoms with Crippen molar-refractivity contribution in [2.24, 2.45) is 5.73 Å². The summed E-state index contributed by atoms with van der Waals surface area (Å²) in [5.74, 6) is -1.07. The third-order valence-electron chi connectivity index (χ3n) is 2.46. The van der Waals surface area contributed by atoms with Crippen molar-refractivity contribution in [3.05, 3.63) is 29.8 Å². The lowest BCUT2D eigenvalue weighted by Gasteiger charge is -2.10. The lowest BCUT2D eigenvalue weighted by molar-refractivity contribution is -0.136. The number of rotatable bonds is 6. The Hall–Kier alpha value is -1.88. The van der Waals surface area contributed by atoms with Gasteiger partial charge < -0.3 is 16.2 Å². The van der Waals surface area contributed by atoms with Crippen LogP contribution in [-0.4, -0.2) is 23.0 Å². The number of para-hydroxylation sites is 1. The third-order valence-corrected chi connectivity index (χ3v) is 2.46. The first-order chi connectivity index (χ1) is 8.49. The van der Waals surface area contributed by atoms with Gasteiger partial charge in [0.15, 0.2) is 0 Å². The number of anilines is 1. The summed E-state index contributed by atoms with van der Waals surface area (Å²) in [6.45, 7) is 1.84. The molecule has 5 nitrogen and oxygen atoms in total. The zero-order valence-electron chi connectivity index (χ0n) is 10.3. The highest BCUT2D eigenvalue weighted by Crippen LogP contribution is 2.16. The third kappa shape index (κ3) is 4.97. The van der Waals surface area contributed by atoms with Crippen molar-refractivity contribution >= 4 is 17.6 Å². The van der Waals surface area contributed by atoms with Crippen molar-refractivity contribution in [1.82, 2.24) is 0 Å². The molecule has 0 aliphatic carbocycles. The summed E-state index contributed by atoms with van der Waals surface area (Å²) in [5, 5.41) is 11.5. The van der Waals surface area contributed by atoms with Gasteiger partial charge in [0.05, 0.1) is 6.42 Å². The molecular formula is C13H18N2O3.